The molecule has 2 N–H and O–H groups in total. The number of hydrogen-bond donors (Lipinski definition) is 2. The fraction of sp³-hybridized carbons (Fsp3) is 0.375. The third kappa shape index (κ3) is 1.00. The van der Waals surface area contributed by atoms with Gasteiger partial charge in [0.25, 0.3) is 5.56 Å². The van der Waals surface area contributed by atoms with Crippen molar-refractivity contribution >= 4 is 5.78 Å². The van der Waals surface area contributed by atoms with Gasteiger partial charge in [0.1, 0.15) is 0 Å². The molecule has 1 aliphatic carbocycles. The van der Waals surface area contributed by atoms with Crippen LogP contribution in [-0.4, -0.2) is 24.7 Å². The Morgan fingerprint density at radius 1 is 1.57 bits per heavy atom. The minimum absolute atomic E-state index is 0.178. The zero-order chi connectivity index (χ0) is 9.71. The summed E-state index contributed by atoms with van der Waals surface area (Å²) in [6.07, 6.45) is 2.17. The highest BCUT2D eigenvalue weighted by Crippen LogP contribution is 2.38. The summed E-state index contributed by atoms with van der Waals surface area (Å²) in [5.74, 6) is 1.22. The van der Waals surface area contributed by atoms with E-state index in [9.17, 15) is 9.90 Å². The predicted octanol–water partition coefficient (Wildman–Crippen LogP) is 0.000600. The Hall–Kier alpha value is -1.85. The van der Waals surface area contributed by atoms with E-state index in [-0.39, 0.29) is 11.4 Å². The monoisotopic (exact) mass is 192 g/mol. The molecule has 0 radical (unpaired) electrons. The molecule has 2 heterocycles. The molecular weight excluding hydrogens is 184 g/mol. The minimum atomic E-state index is -0.371. The van der Waals surface area contributed by atoms with E-state index in [4.69, 9.17) is 0 Å². The van der Waals surface area contributed by atoms with Gasteiger partial charge >= 0.3 is 0 Å². The normalized spacial score (nSPS) is 16.3. The van der Waals surface area contributed by atoms with Gasteiger partial charge in [-0.25, -0.2) is 0 Å². The fourth-order valence-corrected chi connectivity index (χ4v) is 1.41. The molecule has 6 heteroatoms. The topological polar surface area (TPSA) is 83.3 Å². The van der Waals surface area contributed by atoms with Crippen LogP contribution >= 0.6 is 0 Å². The van der Waals surface area contributed by atoms with Crippen LogP contribution in [0.2, 0.25) is 0 Å². The maximum absolute atomic E-state index is 11.0. The zero-order valence-corrected chi connectivity index (χ0v) is 7.27. The number of fused-ring (bicyclic) bond motifs is 1. The lowest BCUT2D eigenvalue weighted by Gasteiger charge is -1.92. The Morgan fingerprint density at radius 3 is 3.07 bits per heavy atom. The van der Waals surface area contributed by atoms with E-state index in [1.54, 1.807) is 0 Å². The van der Waals surface area contributed by atoms with Crippen molar-refractivity contribution < 1.29 is 5.11 Å². The molecule has 3 rings (SSSR count). The molecule has 1 saturated carbocycles. The Morgan fingerprint density at radius 2 is 2.36 bits per heavy atom. The molecule has 0 aliphatic heterocycles. The average Bonchev–Trinajstić information content (AvgIpc) is 2.87. The number of aromatic hydroxyl groups is 1. The van der Waals surface area contributed by atoms with Crippen molar-refractivity contribution in [3.05, 3.63) is 22.2 Å². The van der Waals surface area contributed by atoms with Crippen LogP contribution in [0.25, 0.3) is 5.78 Å². The molecule has 72 valence electrons. The molecule has 0 amide bonds. The molecular formula is C8H8N4O2. The van der Waals surface area contributed by atoms with E-state index in [1.807, 2.05) is 0 Å². The Labute approximate surface area is 78.2 Å². The van der Waals surface area contributed by atoms with E-state index in [0.29, 0.717) is 17.5 Å². The second-order valence-corrected chi connectivity index (χ2v) is 3.47. The van der Waals surface area contributed by atoms with Crippen LogP contribution in [0.15, 0.2) is 10.9 Å². The molecule has 0 spiro atoms. The first-order valence-corrected chi connectivity index (χ1v) is 4.43. The number of nitrogens with one attached hydrogen (secondary N) is 1. The van der Waals surface area contributed by atoms with Crippen LogP contribution in [0, 0.1) is 0 Å². The molecule has 0 atom stereocenters. The third-order valence-electron chi connectivity index (χ3n) is 2.28. The maximum Gasteiger partial charge on any atom is 0.256 e. The zero-order valence-electron chi connectivity index (χ0n) is 7.27. The average molecular weight is 192 g/mol. The van der Waals surface area contributed by atoms with Crippen molar-refractivity contribution in [1.29, 1.82) is 0 Å². The standard InChI is InChI=1S/C8H8N4O2/c13-5-3-6(14)12-8(9-5)10-7(11-12)4-1-2-4/h3-4,14H,1-2H2,(H,9,10,11,13). The highest BCUT2D eigenvalue weighted by Gasteiger charge is 2.28. The molecule has 1 fully saturated rings. The van der Waals surface area contributed by atoms with Gasteiger partial charge in [0, 0.05) is 5.92 Å². The number of H-pyrrole nitrogens is 1. The van der Waals surface area contributed by atoms with E-state index >= 15 is 0 Å². The molecule has 6 nitrogen and oxygen atoms in total. The van der Waals surface area contributed by atoms with E-state index in [1.165, 1.54) is 4.52 Å². The van der Waals surface area contributed by atoms with Crippen molar-refractivity contribution in [2.75, 3.05) is 0 Å². The summed E-state index contributed by atoms with van der Waals surface area (Å²) >= 11 is 0. The summed E-state index contributed by atoms with van der Waals surface area (Å²) in [5.41, 5.74) is -0.371. The van der Waals surface area contributed by atoms with Crippen molar-refractivity contribution in [3.63, 3.8) is 0 Å². The summed E-state index contributed by atoms with van der Waals surface area (Å²) < 4.78 is 1.25. The van der Waals surface area contributed by atoms with E-state index < -0.39 is 0 Å². The molecule has 0 bridgehead atoms. The van der Waals surface area contributed by atoms with Crippen LogP contribution in [0.5, 0.6) is 5.88 Å². The summed E-state index contributed by atoms with van der Waals surface area (Å²) in [6.45, 7) is 0. The second kappa shape index (κ2) is 2.34. The van der Waals surface area contributed by atoms with Gasteiger partial charge in [-0.15, -0.1) is 5.10 Å². The smallest absolute Gasteiger partial charge is 0.256 e. The van der Waals surface area contributed by atoms with Gasteiger partial charge in [-0.05, 0) is 12.8 Å². The first-order valence-electron chi connectivity index (χ1n) is 4.43. The lowest BCUT2D eigenvalue weighted by atomic mass is 10.4. The molecule has 0 unspecified atom stereocenters. The fourth-order valence-electron chi connectivity index (χ4n) is 1.41. The lowest BCUT2D eigenvalue weighted by Crippen LogP contribution is -2.07. The first kappa shape index (κ1) is 7.54. The van der Waals surface area contributed by atoms with Crippen LogP contribution in [0.3, 0.4) is 0 Å². The number of rotatable bonds is 1. The summed E-state index contributed by atoms with van der Waals surface area (Å²) in [4.78, 5) is 17.6. The molecule has 2 aromatic rings. The predicted molar refractivity (Wildman–Crippen MR) is 47.2 cm³/mol. The third-order valence-corrected chi connectivity index (χ3v) is 2.28. The minimum Gasteiger partial charge on any atom is -0.493 e. The maximum atomic E-state index is 11.0. The van der Waals surface area contributed by atoms with Gasteiger partial charge in [0.15, 0.2) is 5.82 Å². The molecule has 0 aromatic carbocycles. The molecule has 14 heavy (non-hydrogen) atoms. The quantitative estimate of drug-likeness (QED) is 0.666. The Bertz CT molecular complexity index is 552. The second-order valence-electron chi connectivity index (χ2n) is 3.47. The number of hydrogen-bond acceptors (Lipinski definition) is 4. The van der Waals surface area contributed by atoms with Gasteiger partial charge in [-0.3, -0.25) is 9.78 Å². The highest BCUT2D eigenvalue weighted by atomic mass is 16.3. The highest BCUT2D eigenvalue weighted by molar-refractivity contribution is 5.31. The molecule has 0 saturated heterocycles. The summed E-state index contributed by atoms with van der Waals surface area (Å²) in [6, 6.07) is 1.08. The van der Waals surface area contributed by atoms with Crippen LogP contribution in [-0.2, 0) is 0 Å². The lowest BCUT2D eigenvalue weighted by molar-refractivity contribution is 0.433. The van der Waals surface area contributed by atoms with Gasteiger partial charge in [-0.2, -0.15) is 9.50 Å². The largest absolute Gasteiger partial charge is 0.493 e. The first-order chi connectivity index (χ1) is 6.74. The van der Waals surface area contributed by atoms with Gasteiger partial charge in [0.2, 0.25) is 11.7 Å². The van der Waals surface area contributed by atoms with Crippen molar-refractivity contribution in [2.24, 2.45) is 0 Å². The van der Waals surface area contributed by atoms with E-state index in [2.05, 4.69) is 15.1 Å². The SMILES string of the molecule is O=c1cc(O)n2nc(C3CC3)nc2[nH]1. The summed E-state index contributed by atoms with van der Waals surface area (Å²) in [5, 5.41) is 13.5. The number of aromatic amines is 1. The Balaban J connectivity index is 2.31. The van der Waals surface area contributed by atoms with Crippen molar-refractivity contribution in [2.45, 2.75) is 18.8 Å². The summed E-state index contributed by atoms with van der Waals surface area (Å²) in [7, 11) is 0. The van der Waals surface area contributed by atoms with Crippen LogP contribution < -0.4 is 5.56 Å². The van der Waals surface area contributed by atoms with Crippen molar-refractivity contribution in [3.8, 4) is 5.88 Å². The van der Waals surface area contributed by atoms with Crippen molar-refractivity contribution in [1.82, 2.24) is 19.6 Å². The van der Waals surface area contributed by atoms with Gasteiger partial charge in [-0.1, -0.05) is 0 Å². The van der Waals surface area contributed by atoms with Crippen LogP contribution in [0.4, 0.5) is 0 Å². The Kier molecular flexibility index (Phi) is 1.26. The van der Waals surface area contributed by atoms with Gasteiger partial charge in [0.05, 0.1) is 6.07 Å². The van der Waals surface area contributed by atoms with Gasteiger partial charge < -0.3 is 5.11 Å². The molecule has 2 aromatic heterocycles. The molecule has 1 aliphatic rings. The van der Waals surface area contributed by atoms with E-state index in [0.717, 1.165) is 18.9 Å². The van der Waals surface area contributed by atoms with Crippen LogP contribution in [0.1, 0.15) is 24.6 Å². The number of aromatic nitrogens is 4. The number of nitrogens with zero attached hydrogens (tertiary/aromatic N) is 3.